The van der Waals surface area contributed by atoms with Crippen molar-refractivity contribution >= 4 is 37.6 Å². The number of benzene rings is 3. The molecule has 0 aliphatic heterocycles. The Hall–Kier alpha value is -2.19. The van der Waals surface area contributed by atoms with Crippen LogP contribution in [0.3, 0.4) is 0 Å². The second kappa shape index (κ2) is 4.97. The fourth-order valence-corrected chi connectivity index (χ4v) is 3.20. The lowest BCUT2D eigenvalue weighted by atomic mass is 10.1. The number of fused-ring (bicyclic) bond motifs is 2. The third kappa shape index (κ3) is 2.22. The van der Waals surface area contributed by atoms with Gasteiger partial charge in [-0.3, -0.25) is 0 Å². The Morgan fingerprint density at radius 3 is 2.10 bits per heavy atom. The summed E-state index contributed by atoms with van der Waals surface area (Å²) in [6, 6.07) is 25.1. The number of aromatic nitrogens is 1. The maximum absolute atomic E-state index is 4.85. The molecule has 3 aromatic carbocycles. The zero-order valence-electron chi connectivity index (χ0n) is 11.3. The molecule has 0 bridgehead atoms. The van der Waals surface area contributed by atoms with E-state index in [2.05, 4.69) is 70.5 Å². The van der Waals surface area contributed by atoms with E-state index in [1.54, 1.807) is 0 Å². The Morgan fingerprint density at radius 2 is 1.33 bits per heavy atom. The fraction of sp³-hybridized carbons (Fsp3) is 0. The van der Waals surface area contributed by atoms with Crippen molar-refractivity contribution in [2.24, 2.45) is 0 Å². The van der Waals surface area contributed by atoms with Gasteiger partial charge in [0.15, 0.2) is 0 Å². The third-order valence-electron chi connectivity index (χ3n) is 3.68. The molecule has 1 aromatic heterocycles. The number of pyridine rings is 1. The third-order valence-corrected chi connectivity index (χ3v) is 4.29. The summed E-state index contributed by atoms with van der Waals surface area (Å²) in [5.74, 6) is 0. The van der Waals surface area contributed by atoms with E-state index < -0.39 is 0 Å². The summed E-state index contributed by atoms with van der Waals surface area (Å²) in [5, 5.41) is 3.62. The molecular formula is C19H12BrN. The van der Waals surface area contributed by atoms with Crippen LogP contribution in [-0.2, 0) is 0 Å². The zero-order chi connectivity index (χ0) is 14.2. The van der Waals surface area contributed by atoms with E-state index in [0.717, 1.165) is 26.6 Å². The Morgan fingerprint density at radius 1 is 0.667 bits per heavy atom. The molecule has 0 atom stereocenters. The maximum atomic E-state index is 4.85. The van der Waals surface area contributed by atoms with E-state index in [-0.39, 0.29) is 0 Å². The highest BCUT2D eigenvalue weighted by Crippen LogP contribution is 2.31. The highest BCUT2D eigenvalue weighted by molar-refractivity contribution is 9.10. The molecule has 1 heterocycles. The first kappa shape index (κ1) is 12.5. The highest BCUT2D eigenvalue weighted by Gasteiger charge is 2.07. The Bertz CT molecular complexity index is 945. The number of rotatable bonds is 1. The minimum Gasteiger partial charge on any atom is -0.247 e. The standard InChI is InChI=1S/C19H12BrN/c20-17-11-16-10-14-8-4-5-9-15(14)12-18(16)21-19(17)13-6-2-1-3-7-13/h1-12H. The van der Waals surface area contributed by atoms with Gasteiger partial charge in [0, 0.05) is 15.4 Å². The lowest BCUT2D eigenvalue weighted by Crippen LogP contribution is -1.88. The van der Waals surface area contributed by atoms with Gasteiger partial charge in [-0.2, -0.15) is 0 Å². The number of halogens is 1. The van der Waals surface area contributed by atoms with Gasteiger partial charge in [0.25, 0.3) is 0 Å². The van der Waals surface area contributed by atoms with Crippen LogP contribution in [-0.4, -0.2) is 4.98 Å². The first-order valence-corrected chi connectivity index (χ1v) is 7.65. The summed E-state index contributed by atoms with van der Waals surface area (Å²) in [6.07, 6.45) is 0. The van der Waals surface area contributed by atoms with E-state index >= 15 is 0 Å². The quantitative estimate of drug-likeness (QED) is 0.400. The predicted octanol–water partition coefficient (Wildman–Crippen LogP) is 5.82. The summed E-state index contributed by atoms with van der Waals surface area (Å²) < 4.78 is 1.02. The molecule has 0 spiro atoms. The van der Waals surface area contributed by atoms with Gasteiger partial charge in [0.05, 0.1) is 11.2 Å². The lowest BCUT2D eigenvalue weighted by molar-refractivity contribution is 1.38. The van der Waals surface area contributed by atoms with Crippen molar-refractivity contribution in [3.63, 3.8) is 0 Å². The van der Waals surface area contributed by atoms with Gasteiger partial charge in [-0.15, -0.1) is 0 Å². The van der Waals surface area contributed by atoms with Crippen molar-refractivity contribution < 1.29 is 0 Å². The largest absolute Gasteiger partial charge is 0.247 e. The number of hydrogen-bond acceptors (Lipinski definition) is 1. The summed E-state index contributed by atoms with van der Waals surface area (Å²) in [4.78, 5) is 4.85. The number of nitrogens with zero attached hydrogens (tertiary/aromatic N) is 1. The van der Waals surface area contributed by atoms with Crippen molar-refractivity contribution in [3.05, 3.63) is 77.3 Å². The fourth-order valence-electron chi connectivity index (χ4n) is 2.64. The molecule has 0 N–H and O–H groups in total. The van der Waals surface area contributed by atoms with Gasteiger partial charge in [-0.1, -0.05) is 54.6 Å². The second-order valence-corrected chi connectivity index (χ2v) is 5.93. The molecular weight excluding hydrogens is 322 g/mol. The molecule has 4 aromatic rings. The maximum Gasteiger partial charge on any atom is 0.0851 e. The molecule has 4 rings (SSSR count). The first-order valence-electron chi connectivity index (χ1n) is 6.86. The van der Waals surface area contributed by atoms with Crippen molar-refractivity contribution in [2.45, 2.75) is 0 Å². The molecule has 0 saturated carbocycles. The van der Waals surface area contributed by atoms with Gasteiger partial charge >= 0.3 is 0 Å². The van der Waals surface area contributed by atoms with Crippen molar-refractivity contribution in [1.29, 1.82) is 0 Å². The van der Waals surface area contributed by atoms with Gasteiger partial charge in [-0.25, -0.2) is 4.98 Å². The molecule has 0 unspecified atom stereocenters. The van der Waals surface area contributed by atoms with Gasteiger partial charge < -0.3 is 0 Å². The SMILES string of the molecule is Brc1cc2cc3ccccc3cc2nc1-c1ccccc1. The normalized spacial score (nSPS) is 11.1. The van der Waals surface area contributed by atoms with Gasteiger partial charge in [0.2, 0.25) is 0 Å². The van der Waals surface area contributed by atoms with E-state index in [9.17, 15) is 0 Å². The summed E-state index contributed by atoms with van der Waals surface area (Å²) >= 11 is 3.66. The molecule has 0 aliphatic carbocycles. The van der Waals surface area contributed by atoms with Crippen LogP contribution in [0.2, 0.25) is 0 Å². The molecule has 0 saturated heterocycles. The Labute approximate surface area is 131 Å². The average molecular weight is 334 g/mol. The van der Waals surface area contributed by atoms with E-state index in [4.69, 9.17) is 4.98 Å². The van der Waals surface area contributed by atoms with E-state index in [0.29, 0.717) is 0 Å². The Balaban J connectivity index is 2.02. The van der Waals surface area contributed by atoms with Gasteiger partial charge in [0.1, 0.15) is 0 Å². The zero-order valence-corrected chi connectivity index (χ0v) is 12.8. The van der Waals surface area contributed by atoms with Crippen LogP contribution < -0.4 is 0 Å². The molecule has 21 heavy (non-hydrogen) atoms. The summed E-state index contributed by atoms with van der Waals surface area (Å²) in [6.45, 7) is 0. The highest BCUT2D eigenvalue weighted by atomic mass is 79.9. The smallest absolute Gasteiger partial charge is 0.0851 e. The van der Waals surface area contributed by atoms with E-state index in [1.165, 1.54) is 10.8 Å². The van der Waals surface area contributed by atoms with Crippen LogP contribution in [0.15, 0.2) is 77.3 Å². The monoisotopic (exact) mass is 333 g/mol. The van der Waals surface area contributed by atoms with Crippen molar-refractivity contribution in [1.82, 2.24) is 4.98 Å². The van der Waals surface area contributed by atoms with Crippen molar-refractivity contribution in [2.75, 3.05) is 0 Å². The molecule has 0 fully saturated rings. The first-order chi connectivity index (χ1) is 10.3. The number of hydrogen-bond donors (Lipinski definition) is 0. The van der Waals surface area contributed by atoms with Crippen LogP contribution in [0.5, 0.6) is 0 Å². The molecule has 0 amide bonds. The van der Waals surface area contributed by atoms with Crippen LogP contribution in [0, 0.1) is 0 Å². The minimum absolute atomic E-state index is 0.985. The minimum atomic E-state index is 0.985. The van der Waals surface area contributed by atoms with Crippen LogP contribution in [0.1, 0.15) is 0 Å². The molecule has 1 nitrogen and oxygen atoms in total. The lowest BCUT2D eigenvalue weighted by Gasteiger charge is -2.08. The molecule has 2 heteroatoms. The topological polar surface area (TPSA) is 12.9 Å². The van der Waals surface area contributed by atoms with Gasteiger partial charge in [-0.05, 0) is 44.9 Å². The summed E-state index contributed by atoms with van der Waals surface area (Å²) in [5.41, 5.74) is 3.13. The average Bonchev–Trinajstić information content (AvgIpc) is 2.53. The second-order valence-electron chi connectivity index (χ2n) is 5.08. The van der Waals surface area contributed by atoms with Crippen molar-refractivity contribution in [3.8, 4) is 11.3 Å². The van der Waals surface area contributed by atoms with Crippen LogP contribution >= 0.6 is 15.9 Å². The predicted molar refractivity (Wildman–Crippen MR) is 92.4 cm³/mol. The summed E-state index contributed by atoms with van der Waals surface area (Å²) in [7, 11) is 0. The molecule has 0 radical (unpaired) electrons. The van der Waals surface area contributed by atoms with Crippen LogP contribution in [0.4, 0.5) is 0 Å². The van der Waals surface area contributed by atoms with Crippen LogP contribution in [0.25, 0.3) is 32.9 Å². The van der Waals surface area contributed by atoms with E-state index in [1.807, 2.05) is 18.2 Å². The Kier molecular flexibility index (Phi) is 2.97. The molecule has 100 valence electrons. The molecule has 0 aliphatic rings.